The Labute approximate surface area is 146 Å². The third-order valence-corrected chi connectivity index (χ3v) is 3.80. The summed E-state index contributed by atoms with van der Waals surface area (Å²) in [6.07, 6.45) is -1.27. The Kier molecular flexibility index (Phi) is 4.66. The van der Waals surface area contributed by atoms with Crippen molar-refractivity contribution in [3.8, 4) is 0 Å². The van der Waals surface area contributed by atoms with Crippen LogP contribution in [0.3, 0.4) is 0 Å². The van der Waals surface area contributed by atoms with E-state index in [0.717, 1.165) is 4.57 Å². The Morgan fingerprint density at radius 3 is 2.38 bits per heavy atom. The maximum atomic E-state index is 12.3. The topological polar surface area (TPSA) is 124 Å². The molecule has 26 heavy (non-hydrogen) atoms. The van der Waals surface area contributed by atoms with E-state index in [0.29, 0.717) is 5.56 Å². The van der Waals surface area contributed by atoms with Crippen LogP contribution >= 0.6 is 0 Å². The summed E-state index contributed by atoms with van der Waals surface area (Å²) in [7, 11) is 0. The zero-order valence-corrected chi connectivity index (χ0v) is 13.5. The molecular weight excluding hydrogens is 338 g/mol. The monoisotopic (exact) mass is 353 g/mol. The Bertz CT molecular complexity index is 1090. The number of hydrogen-bond donors (Lipinski definition) is 2. The molecule has 0 saturated carbocycles. The first-order chi connectivity index (χ1) is 12.5. The van der Waals surface area contributed by atoms with E-state index >= 15 is 0 Å². The molecule has 1 amide bonds. The van der Waals surface area contributed by atoms with Crippen molar-refractivity contribution in [1.29, 1.82) is 0 Å². The van der Waals surface area contributed by atoms with Gasteiger partial charge in [-0.15, -0.1) is 0 Å². The smallest absolute Gasteiger partial charge is 0.329 e. The molecule has 0 spiro atoms. The van der Waals surface area contributed by atoms with Gasteiger partial charge in [-0.25, -0.2) is 4.79 Å². The molecule has 2 aromatic carbocycles. The van der Waals surface area contributed by atoms with Gasteiger partial charge in [0.15, 0.2) is 0 Å². The zero-order valence-electron chi connectivity index (χ0n) is 13.5. The molecular formula is C18H15N3O5. The summed E-state index contributed by atoms with van der Waals surface area (Å²) in [6.45, 7) is -0.479. The molecule has 1 atom stereocenters. The Balaban J connectivity index is 1.91. The molecule has 8 heteroatoms. The fourth-order valence-corrected chi connectivity index (χ4v) is 2.62. The van der Waals surface area contributed by atoms with Crippen LogP contribution in [-0.2, 0) is 20.9 Å². The number of rotatable bonds is 5. The lowest BCUT2D eigenvalue weighted by atomic mass is 10.1. The summed E-state index contributed by atoms with van der Waals surface area (Å²) in [4.78, 5) is 50.0. The van der Waals surface area contributed by atoms with Crippen molar-refractivity contribution in [2.24, 2.45) is 5.73 Å². The number of carbonyl (C=O) groups excluding carboxylic acids is 2. The van der Waals surface area contributed by atoms with Crippen LogP contribution in [0.2, 0.25) is 0 Å². The quantitative estimate of drug-likeness (QED) is 0.645. The molecule has 0 aliphatic rings. The highest BCUT2D eigenvalue weighted by molar-refractivity contribution is 5.84. The maximum Gasteiger partial charge on any atom is 0.329 e. The SMILES string of the molecule is NC(=O)C(OC(=O)Cn1c(=O)[nH]c(=O)c2ccccc21)c1ccccc1. The van der Waals surface area contributed by atoms with Crippen molar-refractivity contribution < 1.29 is 14.3 Å². The van der Waals surface area contributed by atoms with Crippen LogP contribution in [-0.4, -0.2) is 21.4 Å². The zero-order chi connectivity index (χ0) is 18.7. The predicted molar refractivity (Wildman–Crippen MR) is 93.3 cm³/mol. The van der Waals surface area contributed by atoms with E-state index in [2.05, 4.69) is 4.98 Å². The molecule has 1 heterocycles. The lowest BCUT2D eigenvalue weighted by Gasteiger charge is -2.16. The van der Waals surface area contributed by atoms with E-state index in [1.807, 2.05) is 0 Å². The van der Waals surface area contributed by atoms with Crippen molar-refractivity contribution in [3.63, 3.8) is 0 Å². The van der Waals surface area contributed by atoms with Crippen molar-refractivity contribution in [2.75, 3.05) is 0 Å². The van der Waals surface area contributed by atoms with Crippen LogP contribution in [0.1, 0.15) is 11.7 Å². The molecule has 0 aliphatic heterocycles. The predicted octanol–water partition coefficient (Wildman–Crippen LogP) is 0.460. The van der Waals surface area contributed by atoms with Gasteiger partial charge in [0.25, 0.3) is 11.5 Å². The van der Waals surface area contributed by atoms with Crippen LogP contribution in [0.25, 0.3) is 10.9 Å². The second-order valence-electron chi connectivity index (χ2n) is 5.55. The normalized spacial score (nSPS) is 11.8. The van der Waals surface area contributed by atoms with Gasteiger partial charge in [-0.1, -0.05) is 42.5 Å². The minimum Gasteiger partial charge on any atom is -0.446 e. The number of nitrogens with zero attached hydrogens (tertiary/aromatic N) is 1. The van der Waals surface area contributed by atoms with E-state index in [4.69, 9.17) is 10.5 Å². The van der Waals surface area contributed by atoms with Crippen LogP contribution in [0, 0.1) is 0 Å². The summed E-state index contributed by atoms with van der Waals surface area (Å²) in [5.74, 6) is -1.67. The van der Waals surface area contributed by atoms with Crippen molar-refractivity contribution in [3.05, 3.63) is 81.0 Å². The number of para-hydroxylation sites is 1. The molecule has 1 unspecified atom stereocenters. The lowest BCUT2D eigenvalue weighted by Crippen LogP contribution is -2.34. The highest BCUT2D eigenvalue weighted by Crippen LogP contribution is 2.17. The molecule has 0 aliphatic carbocycles. The van der Waals surface area contributed by atoms with Crippen molar-refractivity contribution in [2.45, 2.75) is 12.6 Å². The van der Waals surface area contributed by atoms with E-state index in [1.54, 1.807) is 48.5 Å². The van der Waals surface area contributed by atoms with Gasteiger partial charge in [-0.2, -0.15) is 0 Å². The van der Waals surface area contributed by atoms with Gasteiger partial charge in [0.05, 0.1) is 10.9 Å². The maximum absolute atomic E-state index is 12.3. The van der Waals surface area contributed by atoms with Crippen molar-refractivity contribution in [1.82, 2.24) is 9.55 Å². The number of fused-ring (bicyclic) bond motifs is 1. The molecule has 132 valence electrons. The minimum atomic E-state index is -1.27. The Hall–Kier alpha value is -3.68. The average Bonchev–Trinajstić information content (AvgIpc) is 2.63. The number of hydrogen-bond acceptors (Lipinski definition) is 5. The van der Waals surface area contributed by atoms with Gasteiger partial charge in [0.1, 0.15) is 6.54 Å². The summed E-state index contributed by atoms with van der Waals surface area (Å²) >= 11 is 0. The van der Waals surface area contributed by atoms with Crippen LogP contribution in [0.4, 0.5) is 0 Å². The van der Waals surface area contributed by atoms with E-state index < -0.39 is 35.8 Å². The van der Waals surface area contributed by atoms with Crippen LogP contribution < -0.4 is 17.0 Å². The number of ether oxygens (including phenoxy) is 1. The fourth-order valence-electron chi connectivity index (χ4n) is 2.62. The molecule has 1 aromatic heterocycles. The van der Waals surface area contributed by atoms with Gasteiger partial charge >= 0.3 is 11.7 Å². The second-order valence-corrected chi connectivity index (χ2v) is 5.55. The van der Waals surface area contributed by atoms with E-state index in [1.165, 1.54) is 6.07 Å². The largest absolute Gasteiger partial charge is 0.446 e. The average molecular weight is 353 g/mol. The molecule has 0 fully saturated rings. The number of aromatic nitrogens is 2. The fraction of sp³-hybridized carbons (Fsp3) is 0.111. The van der Waals surface area contributed by atoms with Crippen LogP contribution in [0.5, 0.6) is 0 Å². The molecule has 3 rings (SSSR count). The number of H-pyrrole nitrogens is 1. The first-order valence-electron chi connectivity index (χ1n) is 7.73. The van der Waals surface area contributed by atoms with Gasteiger partial charge in [0.2, 0.25) is 6.10 Å². The first kappa shape index (κ1) is 17.2. The summed E-state index contributed by atoms with van der Waals surface area (Å²) in [6, 6.07) is 14.7. The number of aromatic amines is 1. The number of primary amides is 1. The highest BCUT2D eigenvalue weighted by Gasteiger charge is 2.23. The third-order valence-electron chi connectivity index (χ3n) is 3.80. The number of amides is 1. The number of benzene rings is 2. The molecule has 0 radical (unpaired) electrons. The highest BCUT2D eigenvalue weighted by atomic mass is 16.5. The number of carbonyl (C=O) groups is 2. The summed E-state index contributed by atoms with van der Waals surface area (Å²) in [5.41, 5.74) is 4.73. The van der Waals surface area contributed by atoms with Crippen molar-refractivity contribution >= 4 is 22.8 Å². The number of esters is 1. The van der Waals surface area contributed by atoms with Gasteiger partial charge in [-0.05, 0) is 12.1 Å². The molecule has 3 aromatic rings. The first-order valence-corrected chi connectivity index (χ1v) is 7.73. The molecule has 0 saturated heterocycles. The van der Waals surface area contributed by atoms with E-state index in [9.17, 15) is 19.2 Å². The lowest BCUT2D eigenvalue weighted by molar-refractivity contribution is -0.156. The Morgan fingerprint density at radius 1 is 1.04 bits per heavy atom. The third kappa shape index (κ3) is 3.39. The van der Waals surface area contributed by atoms with E-state index in [-0.39, 0.29) is 10.9 Å². The Morgan fingerprint density at radius 2 is 1.69 bits per heavy atom. The van der Waals surface area contributed by atoms with Gasteiger partial charge in [0, 0.05) is 5.56 Å². The summed E-state index contributed by atoms with van der Waals surface area (Å²) in [5, 5.41) is 0.259. The molecule has 3 N–H and O–H groups in total. The number of nitrogens with one attached hydrogen (secondary N) is 1. The summed E-state index contributed by atoms with van der Waals surface area (Å²) < 4.78 is 6.24. The van der Waals surface area contributed by atoms with Gasteiger partial charge < -0.3 is 10.5 Å². The van der Waals surface area contributed by atoms with Gasteiger partial charge in [-0.3, -0.25) is 23.9 Å². The van der Waals surface area contributed by atoms with Crippen LogP contribution in [0.15, 0.2) is 64.2 Å². The minimum absolute atomic E-state index is 0.259. The molecule has 8 nitrogen and oxygen atoms in total. The molecule has 0 bridgehead atoms. The standard InChI is InChI=1S/C18H15N3O5/c19-16(23)15(11-6-2-1-3-7-11)26-14(22)10-21-13-9-5-4-8-12(13)17(24)20-18(21)25/h1-9,15H,10H2,(H2,19,23)(H,20,24,25). The number of nitrogens with two attached hydrogens (primary N) is 1. The second kappa shape index (κ2) is 7.06.